The van der Waals surface area contributed by atoms with Crippen LogP contribution >= 0.6 is 0 Å². The summed E-state index contributed by atoms with van der Waals surface area (Å²) in [4.78, 5) is 35.5. The molecule has 0 bridgehead atoms. The molecule has 2 amide bonds. The molecule has 0 spiro atoms. The first kappa shape index (κ1) is 23.3. The van der Waals surface area contributed by atoms with Crippen molar-refractivity contribution in [1.82, 2.24) is 10.6 Å². The van der Waals surface area contributed by atoms with E-state index in [2.05, 4.69) is 34.9 Å². The van der Waals surface area contributed by atoms with E-state index in [0.29, 0.717) is 25.8 Å². The van der Waals surface area contributed by atoms with Crippen molar-refractivity contribution in [3.63, 3.8) is 0 Å². The van der Waals surface area contributed by atoms with Crippen LogP contribution in [-0.4, -0.2) is 42.3 Å². The van der Waals surface area contributed by atoms with E-state index in [0.717, 1.165) is 28.7 Å². The first-order valence-electron chi connectivity index (χ1n) is 11.1. The highest BCUT2D eigenvalue weighted by atomic mass is 16.5. The zero-order chi connectivity index (χ0) is 22.9. The second kappa shape index (κ2) is 11.3. The lowest BCUT2D eigenvalue weighted by molar-refractivity contribution is -0.137. The minimum absolute atomic E-state index is 0.0409. The number of amides is 2. The summed E-state index contributed by atoms with van der Waals surface area (Å²) in [7, 11) is 0. The molecular weight excluding hydrogens is 408 g/mol. The Morgan fingerprint density at radius 3 is 2.22 bits per heavy atom. The van der Waals surface area contributed by atoms with E-state index in [1.807, 2.05) is 31.2 Å². The van der Waals surface area contributed by atoms with Gasteiger partial charge in [-0.2, -0.15) is 0 Å². The van der Waals surface area contributed by atoms with E-state index in [9.17, 15) is 14.4 Å². The number of carboxylic acid groups (broad SMARTS) is 1. The van der Waals surface area contributed by atoms with Gasteiger partial charge in [-0.15, -0.1) is 0 Å². The summed E-state index contributed by atoms with van der Waals surface area (Å²) in [6, 6.07) is 15.5. The minimum Gasteiger partial charge on any atom is -0.481 e. The third-order valence-corrected chi connectivity index (χ3v) is 5.65. The number of nitrogens with one attached hydrogen (secondary N) is 2. The summed E-state index contributed by atoms with van der Waals surface area (Å²) in [6.07, 6.45) is 1.74. The highest BCUT2D eigenvalue weighted by Gasteiger charge is 2.29. The van der Waals surface area contributed by atoms with Crippen molar-refractivity contribution < 1.29 is 24.2 Å². The molecule has 0 saturated carbocycles. The maximum absolute atomic E-state index is 12.5. The second-order valence-corrected chi connectivity index (χ2v) is 7.95. The molecule has 3 N–H and O–H groups in total. The molecule has 7 nitrogen and oxygen atoms in total. The number of carbonyl (C=O) groups excluding carboxylic acids is 2. The van der Waals surface area contributed by atoms with E-state index >= 15 is 0 Å². The molecule has 0 heterocycles. The Hall–Kier alpha value is -3.35. The van der Waals surface area contributed by atoms with E-state index in [1.165, 1.54) is 0 Å². The predicted octanol–water partition coefficient (Wildman–Crippen LogP) is 4.06. The largest absolute Gasteiger partial charge is 0.481 e. The summed E-state index contributed by atoms with van der Waals surface area (Å²) in [6.45, 7) is 2.50. The fraction of sp³-hybridized carbons (Fsp3) is 0.400. The fourth-order valence-corrected chi connectivity index (χ4v) is 4.08. The minimum atomic E-state index is -0.850. The quantitative estimate of drug-likeness (QED) is 0.459. The molecule has 7 heteroatoms. The Balaban J connectivity index is 1.53. The Morgan fingerprint density at radius 1 is 1.00 bits per heavy atom. The van der Waals surface area contributed by atoms with Crippen molar-refractivity contribution in [1.29, 1.82) is 0 Å². The summed E-state index contributed by atoms with van der Waals surface area (Å²) < 4.78 is 5.54. The molecule has 1 unspecified atom stereocenters. The summed E-state index contributed by atoms with van der Waals surface area (Å²) in [5.41, 5.74) is 4.57. The normalized spacial score (nSPS) is 13.0. The van der Waals surface area contributed by atoms with E-state index < -0.39 is 18.1 Å². The Morgan fingerprint density at radius 2 is 1.62 bits per heavy atom. The zero-order valence-corrected chi connectivity index (χ0v) is 18.3. The number of aliphatic carboxylic acids is 1. The van der Waals surface area contributed by atoms with E-state index in [-0.39, 0.29) is 24.9 Å². The average molecular weight is 439 g/mol. The topological polar surface area (TPSA) is 105 Å². The lowest BCUT2D eigenvalue weighted by Crippen LogP contribution is -2.47. The van der Waals surface area contributed by atoms with Gasteiger partial charge >= 0.3 is 12.1 Å². The van der Waals surface area contributed by atoms with Crippen LogP contribution in [0.2, 0.25) is 0 Å². The van der Waals surface area contributed by atoms with Gasteiger partial charge in [0.15, 0.2) is 0 Å². The van der Waals surface area contributed by atoms with Gasteiger partial charge in [-0.1, -0.05) is 61.9 Å². The third kappa shape index (κ3) is 5.87. The van der Waals surface area contributed by atoms with Gasteiger partial charge < -0.3 is 20.5 Å². The molecule has 2 aromatic rings. The van der Waals surface area contributed by atoms with Gasteiger partial charge in [0.05, 0.1) is 0 Å². The number of carbonyl (C=O) groups is 3. The van der Waals surface area contributed by atoms with Gasteiger partial charge in [-0.05, 0) is 41.5 Å². The van der Waals surface area contributed by atoms with Gasteiger partial charge in [0.1, 0.15) is 12.6 Å². The molecule has 1 aliphatic rings. The van der Waals surface area contributed by atoms with Gasteiger partial charge in [0.25, 0.3) is 0 Å². The number of rotatable bonds is 11. The van der Waals surface area contributed by atoms with Crippen LogP contribution in [0.4, 0.5) is 4.79 Å². The lowest BCUT2D eigenvalue weighted by Gasteiger charge is -2.19. The molecule has 3 rings (SSSR count). The summed E-state index contributed by atoms with van der Waals surface area (Å²) in [5.74, 6) is -1.17. The van der Waals surface area contributed by atoms with Crippen LogP contribution in [0.25, 0.3) is 11.1 Å². The Kier molecular flexibility index (Phi) is 8.25. The SMILES string of the molecule is CCCC(NC(=O)OCC1c2ccccc2-c2ccccc21)C(=O)NCCCCC(=O)O. The number of fused-ring (bicyclic) bond motifs is 3. The van der Waals surface area contributed by atoms with Crippen molar-refractivity contribution in [3.05, 3.63) is 59.7 Å². The molecule has 0 radical (unpaired) electrons. The molecule has 1 aliphatic carbocycles. The number of hydrogen-bond acceptors (Lipinski definition) is 4. The zero-order valence-electron chi connectivity index (χ0n) is 18.3. The van der Waals surface area contributed by atoms with Gasteiger partial charge in [-0.3, -0.25) is 9.59 Å². The number of benzene rings is 2. The van der Waals surface area contributed by atoms with E-state index in [4.69, 9.17) is 9.84 Å². The third-order valence-electron chi connectivity index (χ3n) is 5.65. The van der Waals surface area contributed by atoms with Crippen molar-refractivity contribution in [2.45, 2.75) is 51.0 Å². The molecule has 0 saturated heterocycles. The number of unbranched alkanes of at least 4 members (excludes halogenated alkanes) is 1. The van der Waals surface area contributed by atoms with Crippen molar-refractivity contribution in [2.24, 2.45) is 0 Å². The lowest BCUT2D eigenvalue weighted by atomic mass is 9.98. The summed E-state index contributed by atoms with van der Waals surface area (Å²) in [5, 5.41) is 14.1. The van der Waals surface area contributed by atoms with Crippen LogP contribution in [0.5, 0.6) is 0 Å². The highest BCUT2D eigenvalue weighted by Crippen LogP contribution is 2.44. The van der Waals surface area contributed by atoms with Crippen molar-refractivity contribution >= 4 is 18.0 Å². The highest BCUT2D eigenvalue weighted by molar-refractivity contribution is 5.85. The molecule has 32 heavy (non-hydrogen) atoms. The molecule has 2 aromatic carbocycles. The van der Waals surface area contributed by atoms with Crippen LogP contribution in [0.3, 0.4) is 0 Å². The Labute approximate surface area is 188 Å². The van der Waals surface area contributed by atoms with Gasteiger partial charge in [0.2, 0.25) is 5.91 Å². The van der Waals surface area contributed by atoms with Gasteiger partial charge in [0, 0.05) is 18.9 Å². The number of carboxylic acids is 1. The molecule has 170 valence electrons. The molecule has 0 aliphatic heterocycles. The monoisotopic (exact) mass is 438 g/mol. The standard InChI is InChI=1S/C25H30N2O5/c1-2-9-22(24(30)26-15-8-7-14-23(28)29)27-25(31)32-16-21-19-12-5-3-10-17(19)18-11-4-6-13-20(18)21/h3-6,10-13,21-22H,2,7-9,14-16H2,1H3,(H,26,30)(H,27,31)(H,28,29). The average Bonchev–Trinajstić information content (AvgIpc) is 3.10. The number of ether oxygens (including phenoxy) is 1. The van der Waals surface area contributed by atoms with Gasteiger partial charge in [-0.25, -0.2) is 4.79 Å². The summed E-state index contributed by atoms with van der Waals surface area (Å²) >= 11 is 0. The maximum atomic E-state index is 12.5. The first-order valence-corrected chi connectivity index (χ1v) is 11.1. The van der Waals surface area contributed by atoms with Crippen molar-refractivity contribution in [3.8, 4) is 11.1 Å². The molecule has 0 aromatic heterocycles. The first-order chi connectivity index (χ1) is 15.5. The van der Waals surface area contributed by atoms with Crippen molar-refractivity contribution in [2.75, 3.05) is 13.2 Å². The maximum Gasteiger partial charge on any atom is 0.407 e. The molecular formula is C25H30N2O5. The smallest absolute Gasteiger partial charge is 0.407 e. The predicted molar refractivity (Wildman–Crippen MR) is 121 cm³/mol. The second-order valence-electron chi connectivity index (χ2n) is 7.95. The van der Waals surface area contributed by atoms with Crippen LogP contribution in [0.15, 0.2) is 48.5 Å². The van der Waals surface area contributed by atoms with Crippen LogP contribution in [0.1, 0.15) is 56.1 Å². The molecule has 0 fully saturated rings. The number of hydrogen-bond donors (Lipinski definition) is 3. The number of alkyl carbamates (subject to hydrolysis) is 1. The van der Waals surface area contributed by atoms with Crippen LogP contribution < -0.4 is 10.6 Å². The fourth-order valence-electron chi connectivity index (χ4n) is 4.08. The van der Waals surface area contributed by atoms with E-state index in [1.54, 1.807) is 0 Å². The Bertz CT molecular complexity index is 913. The molecule has 1 atom stereocenters. The van der Waals surface area contributed by atoms with Crippen LogP contribution in [0, 0.1) is 0 Å². The van der Waals surface area contributed by atoms with Crippen LogP contribution in [-0.2, 0) is 14.3 Å².